The molecule has 0 bridgehead atoms. The number of nitrogen functional groups attached to an aromatic ring is 1. The number of aliphatic carboxylic acids is 1. The van der Waals surface area contributed by atoms with E-state index in [1.54, 1.807) is 12.2 Å². The normalized spacial score (nSPS) is 21.0. The summed E-state index contributed by atoms with van der Waals surface area (Å²) in [5.41, 5.74) is 6.13. The van der Waals surface area contributed by atoms with Gasteiger partial charge in [-0.2, -0.15) is 0 Å². The van der Waals surface area contributed by atoms with Gasteiger partial charge in [0.15, 0.2) is 10.8 Å². The van der Waals surface area contributed by atoms with Crippen molar-refractivity contribution in [1.82, 2.24) is 24.8 Å². The monoisotopic (exact) mass is 493 g/mol. The molecule has 1 fully saturated rings. The standard InChI is InChI=1S/C17H15N7O5S3/c1-6-8(21-23-32-6)3-2-7-4-30-15-11(14(26)24(15)12(7)16(27)28)20-13(25)10(22-29)9-5-31-17(18)19-9/h2-3,5,11,15,29H,4H2,1H3,(H2,18,19)(H,20,25)(H,27,28)/b3-2-,22-10+/t11?,15-/m1/s1. The van der Waals surface area contributed by atoms with E-state index in [1.165, 1.54) is 28.7 Å². The number of allylic oxidation sites excluding steroid dienone is 1. The molecule has 15 heteroatoms. The summed E-state index contributed by atoms with van der Waals surface area (Å²) in [5, 5.41) is 29.4. The summed E-state index contributed by atoms with van der Waals surface area (Å²) in [5.74, 6) is -2.36. The molecule has 2 aromatic rings. The topological polar surface area (TPSA) is 184 Å². The zero-order valence-electron chi connectivity index (χ0n) is 16.3. The van der Waals surface area contributed by atoms with Crippen LogP contribution < -0.4 is 11.1 Å². The molecular weight excluding hydrogens is 478 g/mol. The summed E-state index contributed by atoms with van der Waals surface area (Å²) in [6.45, 7) is 1.85. The molecule has 0 aliphatic carbocycles. The molecule has 1 saturated heterocycles. The highest BCUT2D eigenvalue weighted by Crippen LogP contribution is 2.40. The Bertz CT molecular complexity index is 1200. The van der Waals surface area contributed by atoms with Crippen LogP contribution in [0, 0.1) is 6.92 Å². The van der Waals surface area contributed by atoms with E-state index in [1.807, 2.05) is 6.92 Å². The maximum atomic E-state index is 12.8. The molecule has 2 amide bonds. The molecule has 0 aromatic carbocycles. The van der Waals surface area contributed by atoms with Crippen molar-refractivity contribution in [1.29, 1.82) is 0 Å². The average Bonchev–Trinajstić information content (AvgIpc) is 3.37. The Morgan fingerprint density at radius 1 is 1.41 bits per heavy atom. The van der Waals surface area contributed by atoms with E-state index < -0.39 is 34.9 Å². The van der Waals surface area contributed by atoms with Gasteiger partial charge in [0.05, 0.1) is 0 Å². The van der Waals surface area contributed by atoms with Gasteiger partial charge in [-0.15, -0.1) is 28.2 Å². The molecule has 0 radical (unpaired) electrons. The molecule has 2 aliphatic heterocycles. The minimum absolute atomic E-state index is 0.0674. The fourth-order valence-electron chi connectivity index (χ4n) is 3.16. The maximum absolute atomic E-state index is 12.8. The number of rotatable bonds is 6. The number of thioether (sulfide) groups is 1. The lowest BCUT2D eigenvalue weighted by atomic mass is 10.0. The quantitative estimate of drug-likeness (QED) is 0.191. The number of thiazole rings is 1. The van der Waals surface area contributed by atoms with Crippen LogP contribution in [0.25, 0.3) is 6.08 Å². The van der Waals surface area contributed by atoms with Crippen LogP contribution in [0.2, 0.25) is 0 Å². The molecule has 5 N–H and O–H groups in total. The summed E-state index contributed by atoms with van der Waals surface area (Å²) in [4.78, 5) is 43.1. The van der Waals surface area contributed by atoms with E-state index in [2.05, 4.69) is 25.0 Å². The van der Waals surface area contributed by atoms with Crippen LogP contribution >= 0.6 is 34.6 Å². The highest BCUT2D eigenvalue weighted by molar-refractivity contribution is 8.00. The van der Waals surface area contributed by atoms with E-state index in [-0.39, 0.29) is 16.5 Å². The van der Waals surface area contributed by atoms with Crippen LogP contribution in [0.15, 0.2) is 27.9 Å². The first kappa shape index (κ1) is 21.9. The van der Waals surface area contributed by atoms with Crippen LogP contribution in [0.1, 0.15) is 16.3 Å². The van der Waals surface area contributed by atoms with Crippen molar-refractivity contribution in [2.75, 3.05) is 11.5 Å². The molecule has 2 aromatic heterocycles. The molecule has 4 heterocycles. The van der Waals surface area contributed by atoms with Crippen LogP contribution in [0.3, 0.4) is 0 Å². The van der Waals surface area contributed by atoms with Gasteiger partial charge < -0.3 is 21.4 Å². The predicted octanol–water partition coefficient (Wildman–Crippen LogP) is 0.516. The third kappa shape index (κ3) is 3.85. The van der Waals surface area contributed by atoms with E-state index in [9.17, 15) is 24.7 Å². The van der Waals surface area contributed by atoms with Gasteiger partial charge in [-0.05, 0) is 30.1 Å². The van der Waals surface area contributed by atoms with Gasteiger partial charge in [0, 0.05) is 16.0 Å². The number of fused-ring (bicyclic) bond motifs is 1. The SMILES string of the molecule is Cc1snnc1/C=C\C1=C(C(=O)O)N2C(=O)C(NC(=O)/C(=N/O)c3csc(N)n3)[C@H]2SC1. The number of carboxylic acids is 1. The van der Waals surface area contributed by atoms with Crippen molar-refractivity contribution in [2.45, 2.75) is 18.3 Å². The smallest absolute Gasteiger partial charge is 0.352 e. The van der Waals surface area contributed by atoms with Crippen molar-refractivity contribution in [3.63, 3.8) is 0 Å². The lowest BCUT2D eigenvalue weighted by molar-refractivity contribution is -0.150. The number of anilines is 1. The third-order valence-corrected chi connectivity index (χ3v) is 7.32. The van der Waals surface area contributed by atoms with Crippen molar-refractivity contribution in [3.05, 3.63) is 39.0 Å². The minimum Gasteiger partial charge on any atom is -0.477 e. The number of hydrogen-bond acceptors (Lipinski definition) is 12. The number of nitrogens with two attached hydrogens (primary N) is 1. The van der Waals surface area contributed by atoms with E-state index in [0.29, 0.717) is 17.0 Å². The number of nitrogens with one attached hydrogen (secondary N) is 1. The number of carboxylic acid groups (broad SMARTS) is 1. The Labute approximate surface area is 192 Å². The lowest BCUT2D eigenvalue weighted by Crippen LogP contribution is -2.71. The highest BCUT2D eigenvalue weighted by Gasteiger charge is 2.54. The molecule has 12 nitrogen and oxygen atoms in total. The molecule has 2 aliphatic rings. The number of aryl methyl sites for hydroxylation is 1. The van der Waals surface area contributed by atoms with Gasteiger partial charge in [-0.3, -0.25) is 14.5 Å². The van der Waals surface area contributed by atoms with Gasteiger partial charge in [-0.25, -0.2) is 9.78 Å². The lowest BCUT2D eigenvalue weighted by Gasteiger charge is -2.49. The van der Waals surface area contributed by atoms with Gasteiger partial charge in [0.25, 0.3) is 11.8 Å². The van der Waals surface area contributed by atoms with Crippen molar-refractivity contribution >= 4 is 69.3 Å². The number of carbonyl (C=O) groups is 3. The Morgan fingerprint density at radius 2 is 2.19 bits per heavy atom. The van der Waals surface area contributed by atoms with Gasteiger partial charge in [0.2, 0.25) is 0 Å². The van der Waals surface area contributed by atoms with Crippen LogP contribution in [-0.2, 0) is 14.4 Å². The molecule has 2 atom stereocenters. The predicted molar refractivity (Wildman–Crippen MR) is 118 cm³/mol. The Morgan fingerprint density at radius 3 is 2.78 bits per heavy atom. The molecule has 32 heavy (non-hydrogen) atoms. The number of carbonyl (C=O) groups excluding carboxylic acids is 2. The second-order valence-electron chi connectivity index (χ2n) is 6.61. The zero-order valence-corrected chi connectivity index (χ0v) is 18.7. The summed E-state index contributed by atoms with van der Waals surface area (Å²) in [6.07, 6.45) is 3.27. The summed E-state index contributed by atoms with van der Waals surface area (Å²) in [6, 6.07) is -0.981. The molecule has 0 spiro atoms. The first-order valence-electron chi connectivity index (χ1n) is 8.94. The summed E-state index contributed by atoms with van der Waals surface area (Å²) < 4.78 is 3.83. The summed E-state index contributed by atoms with van der Waals surface area (Å²) in [7, 11) is 0. The largest absolute Gasteiger partial charge is 0.477 e. The van der Waals surface area contributed by atoms with Crippen molar-refractivity contribution in [3.8, 4) is 0 Å². The number of oxime groups is 1. The fraction of sp³-hybridized carbons (Fsp3) is 0.235. The third-order valence-electron chi connectivity index (χ3n) is 4.70. The molecule has 4 rings (SSSR count). The number of amides is 2. The van der Waals surface area contributed by atoms with Crippen LogP contribution in [0.5, 0.6) is 0 Å². The molecule has 1 unspecified atom stereocenters. The van der Waals surface area contributed by atoms with Gasteiger partial charge >= 0.3 is 5.97 Å². The second-order valence-corrected chi connectivity index (χ2v) is 9.56. The van der Waals surface area contributed by atoms with Crippen LogP contribution in [-0.4, -0.2) is 70.4 Å². The van der Waals surface area contributed by atoms with Crippen molar-refractivity contribution in [2.24, 2.45) is 5.16 Å². The number of β-lactam (4-membered cyclic amide) rings is 1. The fourth-order valence-corrected chi connectivity index (χ4v) is 5.48. The number of aromatic nitrogens is 3. The van der Waals surface area contributed by atoms with Gasteiger partial charge in [-0.1, -0.05) is 15.7 Å². The van der Waals surface area contributed by atoms with E-state index in [0.717, 1.165) is 21.1 Å². The van der Waals surface area contributed by atoms with Crippen LogP contribution in [0.4, 0.5) is 5.13 Å². The van der Waals surface area contributed by atoms with E-state index in [4.69, 9.17) is 5.73 Å². The summed E-state index contributed by atoms with van der Waals surface area (Å²) >= 11 is 3.59. The van der Waals surface area contributed by atoms with Gasteiger partial charge in [0.1, 0.15) is 28.5 Å². The highest BCUT2D eigenvalue weighted by atomic mass is 32.2. The molecular formula is C17H15N7O5S3. The Hall–Kier alpha value is -3.30. The molecule has 166 valence electrons. The second kappa shape index (κ2) is 8.68. The first-order chi connectivity index (χ1) is 15.3. The van der Waals surface area contributed by atoms with Crippen molar-refractivity contribution < 1.29 is 24.7 Å². The maximum Gasteiger partial charge on any atom is 0.352 e. The molecule has 0 saturated carbocycles. The Balaban J connectivity index is 1.53. The first-order valence-corrected chi connectivity index (χ1v) is 11.6. The average molecular weight is 494 g/mol. The number of hydrogen-bond donors (Lipinski definition) is 4. The number of nitrogens with zero attached hydrogens (tertiary/aromatic N) is 5. The Kier molecular flexibility index (Phi) is 5.94. The van der Waals surface area contributed by atoms with E-state index >= 15 is 0 Å². The minimum atomic E-state index is -1.25. The zero-order chi connectivity index (χ0) is 23.0.